The summed E-state index contributed by atoms with van der Waals surface area (Å²) in [7, 11) is 0. The molecular formula is C12H16O. The lowest BCUT2D eigenvalue weighted by molar-refractivity contribution is -0.108. The van der Waals surface area contributed by atoms with E-state index < -0.39 is 0 Å². The molecule has 70 valence electrons. The van der Waals surface area contributed by atoms with E-state index in [1.54, 1.807) is 0 Å². The second-order valence-corrected chi connectivity index (χ2v) is 3.53. The molecule has 1 rings (SSSR count). The molecule has 0 saturated heterocycles. The molecule has 0 bridgehead atoms. The minimum absolute atomic E-state index is 0.512. The summed E-state index contributed by atoms with van der Waals surface area (Å²) in [4.78, 5) is 10.2. The molecule has 0 radical (unpaired) electrons. The third-order valence-corrected chi connectivity index (χ3v) is 2.27. The average molecular weight is 176 g/mol. The molecule has 13 heavy (non-hydrogen) atoms. The summed E-state index contributed by atoms with van der Waals surface area (Å²) in [5.74, 6) is 0.512. The largest absolute Gasteiger partial charge is 0.303 e. The molecule has 0 heterocycles. The minimum Gasteiger partial charge on any atom is -0.303 e. The van der Waals surface area contributed by atoms with Gasteiger partial charge >= 0.3 is 0 Å². The van der Waals surface area contributed by atoms with Gasteiger partial charge in [-0.3, -0.25) is 0 Å². The second-order valence-electron chi connectivity index (χ2n) is 3.53. The SMILES string of the molecule is CC(CC=O)CCc1ccccc1. The van der Waals surface area contributed by atoms with Gasteiger partial charge in [0.15, 0.2) is 0 Å². The van der Waals surface area contributed by atoms with Gasteiger partial charge in [0, 0.05) is 6.42 Å². The fraction of sp³-hybridized carbons (Fsp3) is 0.417. The van der Waals surface area contributed by atoms with Crippen LogP contribution in [0.15, 0.2) is 30.3 Å². The Morgan fingerprint density at radius 3 is 2.62 bits per heavy atom. The van der Waals surface area contributed by atoms with Crippen LogP contribution in [0.1, 0.15) is 25.3 Å². The van der Waals surface area contributed by atoms with Crippen molar-refractivity contribution in [1.29, 1.82) is 0 Å². The highest BCUT2D eigenvalue weighted by molar-refractivity contribution is 5.49. The van der Waals surface area contributed by atoms with Crippen molar-refractivity contribution in [2.45, 2.75) is 26.2 Å². The Labute approximate surface area is 79.8 Å². The van der Waals surface area contributed by atoms with Crippen LogP contribution in [0.2, 0.25) is 0 Å². The lowest BCUT2D eigenvalue weighted by atomic mass is 9.99. The molecule has 0 aliphatic carbocycles. The molecule has 1 unspecified atom stereocenters. The molecule has 1 heteroatoms. The Morgan fingerprint density at radius 2 is 2.00 bits per heavy atom. The Bertz CT molecular complexity index is 241. The maximum absolute atomic E-state index is 10.2. The predicted octanol–water partition coefficient (Wildman–Crippen LogP) is 2.84. The van der Waals surface area contributed by atoms with Crippen molar-refractivity contribution in [3.63, 3.8) is 0 Å². The van der Waals surface area contributed by atoms with Crippen LogP contribution in [-0.4, -0.2) is 6.29 Å². The molecule has 1 aromatic rings. The first-order valence-corrected chi connectivity index (χ1v) is 4.80. The van der Waals surface area contributed by atoms with E-state index in [1.807, 2.05) is 6.07 Å². The van der Waals surface area contributed by atoms with Crippen molar-refractivity contribution in [3.05, 3.63) is 35.9 Å². The van der Waals surface area contributed by atoms with Crippen LogP contribution in [0.25, 0.3) is 0 Å². The number of benzene rings is 1. The molecule has 0 aromatic heterocycles. The van der Waals surface area contributed by atoms with E-state index in [1.165, 1.54) is 5.56 Å². The van der Waals surface area contributed by atoms with Crippen molar-refractivity contribution in [1.82, 2.24) is 0 Å². The van der Waals surface area contributed by atoms with Crippen LogP contribution < -0.4 is 0 Å². The third-order valence-electron chi connectivity index (χ3n) is 2.27. The zero-order chi connectivity index (χ0) is 9.52. The van der Waals surface area contributed by atoms with Gasteiger partial charge < -0.3 is 4.79 Å². The lowest BCUT2D eigenvalue weighted by Crippen LogP contribution is -1.97. The van der Waals surface area contributed by atoms with Gasteiger partial charge in [0.1, 0.15) is 6.29 Å². The van der Waals surface area contributed by atoms with Crippen LogP contribution in [-0.2, 0) is 11.2 Å². The summed E-state index contributed by atoms with van der Waals surface area (Å²) in [6.07, 6.45) is 3.88. The Balaban J connectivity index is 2.30. The normalized spacial score (nSPS) is 12.4. The van der Waals surface area contributed by atoms with Crippen LogP contribution in [0.4, 0.5) is 0 Å². The molecule has 1 aromatic carbocycles. The van der Waals surface area contributed by atoms with E-state index in [2.05, 4.69) is 31.2 Å². The van der Waals surface area contributed by atoms with Crippen molar-refractivity contribution in [2.24, 2.45) is 5.92 Å². The highest BCUT2D eigenvalue weighted by Gasteiger charge is 2.00. The first-order chi connectivity index (χ1) is 6.33. The van der Waals surface area contributed by atoms with E-state index >= 15 is 0 Å². The molecule has 1 atom stereocenters. The average Bonchev–Trinajstić information content (AvgIpc) is 2.17. The van der Waals surface area contributed by atoms with Gasteiger partial charge in [0.25, 0.3) is 0 Å². The number of aryl methyl sites for hydroxylation is 1. The summed E-state index contributed by atoms with van der Waals surface area (Å²) < 4.78 is 0. The van der Waals surface area contributed by atoms with Gasteiger partial charge in [-0.25, -0.2) is 0 Å². The van der Waals surface area contributed by atoms with Crippen LogP contribution in [0.5, 0.6) is 0 Å². The summed E-state index contributed by atoms with van der Waals surface area (Å²) in [5, 5.41) is 0. The zero-order valence-corrected chi connectivity index (χ0v) is 8.07. The van der Waals surface area contributed by atoms with Crippen LogP contribution >= 0.6 is 0 Å². The zero-order valence-electron chi connectivity index (χ0n) is 8.07. The number of carbonyl (C=O) groups excluding carboxylic acids is 1. The highest BCUT2D eigenvalue weighted by Crippen LogP contribution is 2.10. The fourth-order valence-corrected chi connectivity index (χ4v) is 1.34. The smallest absolute Gasteiger partial charge is 0.120 e. The topological polar surface area (TPSA) is 17.1 Å². The van der Waals surface area contributed by atoms with Gasteiger partial charge in [-0.2, -0.15) is 0 Å². The second kappa shape index (κ2) is 5.52. The third kappa shape index (κ3) is 3.88. The van der Waals surface area contributed by atoms with Gasteiger partial charge in [-0.15, -0.1) is 0 Å². The first kappa shape index (κ1) is 9.97. The van der Waals surface area contributed by atoms with E-state index in [4.69, 9.17) is 0 Å². The fourth-order valence-electron chi connectivity index (χ4n) is 1.34. The van der Waals surface area contributed by atoms with Gasteiger partial charge in [-0.1, -0.05) is 37.3 Å². The number of rotatable bonds is 5. The van der Waals surface area contributed by atoms with Crippen LogP contribution in [0, 0.1) is 5.92 Å². The summed E-state index contributed by atoms with van der Waals surface area (Å²) in [6.45, 7) is 2.12. The molecule has 0 N–H and O–H groups in total. The maximum Gasteiger partial charge on any atom is 0.120 e. The summed E-state index contributed by atoms with van der Waals surface area (Å²) in [6, 6.07) is 10.4. The molecule has 0 aliphatic rings. The van der Waals surface area contributed by atoms with Crippen molar-refractivity contribution >= 4 is 6.29 Å². The predicted molar refractivity (Wildman–Crippen MR) is 54.6 cm³/mol. The van der Waals surface area contributed by atoms with Crippen LogP contribution in [0.3, 0.4) is 0 Å². The molecule has 0 fully saturated rings. The molecular weight excluding hydrogens is 160 g/mol. The standard InChI is InChI=1S/C12H16O/c1-11(9-10-13)7-8-12-5-3-2-4-6-12/h2-6,10-11H,7-9H2,1H3. The Hall–Kier alpha value is -1.11. The number of aldehydes is 1. The molecule has 0 aliphatic heterocycles. The molecule has 1 nitrogen and oxygen atoms in total. The van der Waals surface area contributed by atoms with E-state index in [0.717, 1.165) is 19.1 Å². The number of hydrogen-bond acceptors (Lipinski definition) is 1. The maximum atomic E-state index is 10.2. The van der Waals surface area contributed by atoms with Crippen molar-refractivity contribution in [2.75, 3.05) is 0 Å². The van der Waals surface area contributed by atoms with E-state index in [9.17, 15) is 4.79 Å². The molecule has 0 saturated carbocycles. The summed E-state index contributed by atoms with van der Waals surface area (Å²) in [5.41, 5.74) is 1.36. The lowest BCUT2D eigenvalue weighted by Gasteiger charge is -2.06. The van der Waals surface area contributed by atoms with Crippen molar-refractivity contribution < 1.29 is 4.79 Å². The van der Waals surface area contributed by atoms with Gasteiger partial charge in [0.2, 0.25) is 0 Å². The Kier molecular flexibility index (Phi) is 4.24. The number of hydrogen-bond donors (Lipinski definition) is 0. The summed E-state index contributed by atoms with van der Waals surface area (Å²) >= 11 is 0. The molecule has 0 amide bonds. The highest BCUT2D eigenvalue weighted by atomic mass is 16.1. The first-order valence-electron chi connectivity index (χ1n) is 4.80. The van der Waals surface area contributed by atoms with Crippen molar-refractivity contribution in [3.8, 4) is 0 Å². The Morgan fingerprint density at radius 1 is 1.31 bits per heavy atom. The minimum atomic E-state index is 0.512. The number of carbonyl (C=O) groups is 1. The van der Waals surface area contributed by atoms with E-state index in [-0.39, 0.29) is 0 Å². The quantitative estimate of drug-likeness (QED) is 0.630. The molecule has 0 spiro atoms. The monoisotopic (exact) mass is 176 g/mol. The van der Waals surface area contributed by atoms with Gasteiger partial charge in [-0.05, 0) is 24.3 Å². The van der Waals surface area contributed by atoms with E-state index in [0.29, 0.717) is 12.3 Å². The van der Waals surface area contributed by atoms with Gasteiger partial charge in [0.05, 0.1) is 0 Å².